The van der Waals surface area contributed by atoms with Gasteiger partial charge in [0.15, 0.2) is 5.69 Å². The van der Waals surface area contributed by atoms with E-state index in [-0.39, 0.29) is 5.91 Å². The molecule has 1 heterocycles. The Labute approximate surface area is 99.2 Å². The standard InChI is InChI=1S/C12H14N4O/c1-8-10(14-15-11(8)13)12(17)16(2)9-6-4-3-5-7-9/h3-7H,1-2H3,(H3,13,14,15). The molecular weight excluding hydrogens is 216 g/mol. The SMILES string of the molecule is Cc1c(C(=O)N(C)c2ccccc2)n[nH]c1N. The molecule has 1 aromatic carbocycles. The lowest BCUT2D eigenvalue weighted by atomic mass is 10.2. The maximum Gasteiger partial charge on any atom is 0.278 e. The smallest absolute Gasteiger partial charge is 0.278 e. The summed E-state index contributed by atoms with van der Waals surface area (Å²) >= 11 is 0. The van der Waals surface area contributed by atoms with Gasteiger partial charge in [0.2, 0.25) is 0 Å². The molecule has 0 saturated heterocycles. The number of hydrogen-bond donors (Lipinski definition) is 2. The summed E-state index contributed by atoms with van der Waals surface area (Å²) < 4.78 is 0. The fraction of sp³-hybridized carbons (Fsp3) is 0.167. The van der Waals surface area contributed by atoms with Gasteiger partial charge < -0.3 is 10.6 Å². The molecule has 0 atom stereocenters. The molecule has 0 unspecified atom stereocenters. The lowest BCUT2D eigenvalue weighted by Gasteiger charge is -2.16. The van der Waals surface area contributed by atoms with Gasteiger partial charge in [-0.05, 0) is 19.1 Å². The fourth-order valence-corrected chi connectivity index (χ4v) is 1.55. The third kappa shape index (κ3) is 1.99. The van der Waals surface area contributed by atoms with Crippen molar-refractivity contribution in [1.29, 1.82) is 0 Å². The average molecular weight is 230 g/mol. The van der Waals surface area contributed by atoms with E-state index in [0.29, 0.717) is 17.1 Å². The number of nitrogens with one attached hydrogen (secondary N) is 1. The molecule has 5 heteroatoms. The van der Waals surface area contributed by atoms with Crippen LogP contribution in [0.5, 0.6) is 0 Å². The first-order valence-electron chi connectivity index (χ1n) is 5.25. The number of nitrogen functional groups attached to an aromatic ring is 1. The zero-order valence-electron chi connectivity index (χ0n) is 9.77. The first-order chi connectivity index (χ1) is 8.11. The first-order valence-corrected chi connectivity index (χ1v) is 5.25. The number of para-hydroxylation sites is 1. The van der Waals surface area contributed by atoms with Crippen molar-refractivity contribution in [3.05, 3.63) is 41.6 Å². The molecule has 17 heavy (non-hydrogen) atoms. The molecule has 0 spiro atoms. The highest BCUT2D eigenvalue weighted by Gasteiger charge is 2.19. The van der Waals surface area contributed by atoms with Crippen LogP contribution in [0.25, 0.3) is 0 Å². The van der Waals surface area contributed by atoms with Gasteiger partial charge in [-0.2, -0.15) is 5.10 Å². The number of amides is 1. The van der Waals surface area contributed by atoms with Crippen LogP contribution >= 0.6 is 0 Å². The second-order valence-corrected chi connectivity index (χ2v) is 3.81. The van der Waals surface area contributed by atoms with E-state index in [0.717, 1.165) is 5.69 Å². The highest BCUT2D eigenvalue weighted by molar-refractivity contribution is 6.05. The minimum atomic E-state index is -0.179. The zero-order chi connectivity index (χ0) is 12.4. The lowest BCUT2D eigenvalue weighted by Crippen LogP contribution is -2.27. The summed E-state index contributed by atoms with van der Waals surface area (Å²) in [5.41, 5.74) is 7.48. The first kappa shape index (κ1) is 11.2. The second-order valence-electron chi connectivity index (χ2n) is 3.81. The summed E-state index contributed by atoms with van der Waals surface area (Å²) in [5, 5.41) is 6.53. The molecule has 0 bridgehead atoms. The number of benzene rings is 1. The maximum absolute atomic E-state index is 12.2. The molecule has 2 aromatic rings. The Morgan fingerprint density at radius 1 is 1.35 bits per heavy atom. The Kier molecular flexibility index (Phi) is 2.82. The van der Waals surface area contributed by atoms with Crippen LogP contribution in [-0.4, -0.2) is 23.2 Å². The molecule has 0 aliphatic rings. The number of nitrogens with zero attached hydrogens (tertiary/aromatic N) is 2. The summed E-state index contributed by atoms with van der Waals surface area (Å²) in [6.45, 7) is 1.77. The quantitative estimate of drug-likeness (QED) is 0.822. The van der Waals surface area contributed by atoms with Gasteiger partial charge in [0.1, 0.15) is 5.82 Å². The van der Waals surface area contributed by atoms with Crippen LogP contribution in [0.3, 0.4) is 0 Å². The normalized spacial score (nSPS) is 10.2. The topological polar surface area (TPSA) is 75.0 Å². The number of carbonyl (C=O) groups excluding carboxylic acids is 1. The Morgan fingerprint density at radius 3 is 2.53 bits per heavy atom. The molecule has 0 fully saturated rings. The zero-order valence-corrected chi connectivity index (χ0v) is 9.77. The number of aromatic nitrogens is 2. The van der Waals surface area contributed by atoms with Crippen LogP contribution < -0.4 is 10.6 Å². The largest absolute Gasteiger partial charge is 0.384 e. The summed E-state index contributed by atoms with van der Waals surface area (Å²) in [5.74, 6) is 0.247. The molecule has 0 aliphatic carbocycles. The highest BCUT2D eigenvalue weighted by atomic mass is 16.2. The van der Waals surface area contributed by atoms with Crippen LogP contribution in [0, 0.1) is 6.92 Å². The molecule has 1 aromatic heterocycles. The third-order valence-electron chi connectivity index (χ3n) is 2.70. The lowest BCUT2D eigenvalue weighted by molar-refractivity contribution is 0.0987. The molecule has 0 radical (unpaired) electrons. The van der Waals surface area contributed by atoms with Crippen molar-refractivity contribution in [2.24, 2.45) is 0 Å². The van der Waals surface area contributed by atoms with E-state index in [4.69, 9.17) is 5.73 Å². The molecular formula is C12H14N4O. The predicted octanol–water partition coefficient (Wildman–Crippen LogP) is 1.58. The van der Waals surface area contributed by atoms with E-state index >= 15 is 0 Å². The highest BCUT2D eigenvalue weighted by Crippen LogP contribution is 2.17. The van der Waals surface area contributed by atoms with E-state index in [1.165, 1.54) is 0 Å². The van der Waals surface area contributed by atoms with Crippen molar-refractivity contribution in [2.45, 2.75) is 6.92 Å². The predicted molar refractivity (Wildman–Crippen MR) is 66.9 cm³/mol. The van der Waals surface area contributed by atoms with Gasteiger partial charge in [-0.15, -0.1) is 0 Å². The van der Waals surface area contributed by atoms with Crippen molar-refractivity contribution in [2.75, 3.05) is 17.7 Å². The fourth-order valence-electron chi connectivity index (χ4n) is 1.55. The van der Waals surface area contributed by atoms with Crippen LogP contribution in [-0.2, 0) is 0 Å². The summed E-state index contributed by atoms with van der Waals surface area (Å²) in [6.07, 6.45) is 0. The maximum atomic E-state index is 12.2. The Balaban J connectivity index is 2.30. The van der Waals surface area contributed by atoms with E-state index in [1.807, 2.05) is 30.3 Å². The van der Waals surface area contributed by atoms with Gasteiger partial charge in [0.05, 0.1) is 0 Å². The average Bonchev–Trinajstić information content (AvgIpc) is 2.69. The minimum absolute atomic E-state index is 0.179. The van der Waals surface area contributed by atoms with Gasteiger partial charge in [-0.3, -0.25) is 9.89 Å². The van der Waals surface area contributed by atoms with Crippen molar-refractivity contribution in [1.82, 2.24) is 10.2 Å². The number of aromatic amines is 1. The number of H-pyrrole nitrogens is 1. The molecule has 0 aliphatic heterocycles. The Morgan fingerprint density at radius 2 is 2.00 bits per heavy atom. The summed E-state index contributed by atoms with van der Waals surface area (Å²) in [6, 6.07) is 9.39. The summed E-state index contributed by atoms with van der Waals surface area (Å²) in [7, 11) is 1.71. The van der Waals surface area contributed by atoms with Gasteiger partial charge in [-0.1, -0.05) is 18.2 Å². The minimum Gasteiger partial charge on any atom is -0.384 e. The number of nitrogens with two attached hydrogens (primary N) is 1. The van der Waals surface area contributed by atoms with Crippen LogP contribution in [0.1, 0.15) is 16.1 Å². The van der Waals surface area contributed by atoms with Crippen molar-refractivity contribution in [3.63, 3.8) is 0 Å². The van der Waals surface area contributed by atoms with Gasteiger partial charge in [0.25, 0.3) is 5.91 Å². The van der Waals surface area contributed by atoms with Gasteiger partial charge >= 0.3 is 0 Å². The van der Waals surface area contributed by atoms with Gasteiger partial charge in [0, 0.05) is 18.3 Å². The van der Waals surface area contributed by atoms with Crippen molar-refractivity contribution >= 4 is 17.4 Å². The monoisotopic (exact) mass is 230 g/mol. The van der Waals surface area contributed by atoms with E-state index < -0.39 is 0 Å². The van der Waals surface area contributed by atoms with Crippen LogP contribution in [0.15, 0.2) is 30.3 Å². The molecule has 3 N–H and O–H groups in total. The second kappa shape index (κ2) is 4.29. The summed E-state index contributed by atoms with van der Waals surface area (Å²) in [4.78, 5) is 13.7. The number of rotatable bonds is 2. The number of carbonyl (C=O) groups is 1. The third-order valence-corrected chi connectivity index (χ3v) is 2.70. The van der Waals surface area contributed by atoms with Crippen molar-refractivity contribution < 1.29 is 4.79 Å². The molecule has 5 nitrogen and oxygen atoms in total. The number of hydrogen-bond acceptors (Lipinski definition) is 3. The van der Waals surface area contributed by atoms with Crippen LogP contribution in [0.2, 0.25) is 0 Å². The molecule has 88 valence electrons. The van der Waals surface area contributed by atoms with Crippen LogP contribution in [0.4, 0.5) is 11.5 Å². The Hall–Kier alpha value is -2.30. The molecule has 2 rings (SSSR count). The van der Waals surface area contributed by atoms with Gasteiger partial charge in [-0.25, -0.2) is 0 Å². The van der Waals surface area contributed by atoms with E-state index in [2.05, 4.69) is 10.2 Å². The molecule has 1 amide bonds. The molecule has 0 saturated carbocycles. The number of anilines is 2. The van der Waals surface area contributed by atoms with E-state index in [9.17, 15) is 4.79 Å². The Bertz CT molecular complexity index is 533. The van der Waals surface area contributed by atoms with Crippen molar-refractivity contribution in [3.8, 4) is 0 Å². The van der Waals surface area contributed by atoms with E-state index in [1.54, 1.807) is 18.9 Å².